The van der Waals surface area contributed by atoms with Crippen LogP contribution in [0.1, 0.15) is 0 Å². The van der Waals surface area contributed by atoms with Crippen molar-refractivity contribution in [1.29, 1.82) is 0 Å². The van der Waals surface area contributed by atoms with Gasteiger partial charge in [-0.15, -0.1) is 0 Å². The highest BCUT2D eigenvalue weighted by Crippen LogP contribution is 2.32. The fraction of sp³-hybridized carbons (Fsp3) is 0.235. The first-order chi connectivity index (χ1) is 11.6. The lowest BCUT2D eigenvalue weighted by molar-refractivity contribution is 0.122. The van der Waals surface area contributed by atoms with Gasteiger partial charge >= 0.3 is 0 Å². The van der Waals surface area contributed by atoms with E-state index < -0.39 is 0 Å². The molecule has 4 nitrogen and oxygen atoms in total. The van der Waals surface area contributed by atoms with Crippen molar-refractivity contribution < 1.29 is 9.13 Å². The van der Waals surface area contributed by atoms with Crippen LogP contribution >= 0.6 is 23.2 Å². The molecule has 2 aromatic carbocycles. The maximum absolute atomic E-state index is 14.5. The molecule has 0 radical (unpaired) electrons. The number of imidazole rings is 1. The summed E-state index contributed by atoms with van der Waals surface area (Å²) in [7, 11) is 0. The second kappa shape index (κ2) is 6.24. The van der Waals surface area contributed by atoms with Gasteiger partial charge in [-0.2, -0.15) is 0 Å². The second-order valence-electron chi connectivity index (χ2n) is 5.63. The number of benzene rings is 2. The van der Waals surface area contributed by atoms with Crippen molar-refractivity contribution in [3.05, 3.63) is 46.2 Å². The molecule has 4 rings (SSSR count). The molecule has 0 unspecified atom stereocenters. The zero-order valence-corrected chi connectivity index (χ0v) is 14.2. The van der Waals surface area contributed by atoms with E-state index in [1.54, 1.807) is 24.3 Å². The lowest BCUT2D eigenvalue weighted by atomic mass is 10.2. The monoisotopic (exact) mass is 365 g/mol. The number of morpholine rings is 1. The van der Waals surface area contributed by atoms with E-state index in [4.69, 9.17) is 27.9 Å². The molecule has 1 saturated heterocycles. The lowest BCUT2D eigenvalue weighted by Crippen LogP contribution is -2.36. The molecule has 2 heterocycles. The first-order valence-corrected chi connectivity index (χ1v) is 8.35. The first-order valence-electron chi connectivity index (χ1n) is 7.59. The zero-order chi connectivity index (χ0) is 16.7. The molecule has 1 aliphatic rings. The first kappa shape index (κ1) is 15.7. The number of anilines is 1. The SMILES string of the molecule is Fc1cc2[nH]c(-c3ccc(Cl)cc3Cl)nc2cc1N1CCOCC1. The number of fused-ring (bicyclic) bond motifs is 1. The van der Waals surface area contributed by atoms with Crippen molar-refractivity contribution in [3.8, 4) is 11.4 Å². The molecule has 0 spiro atoms. The Morgan fingerprint density at radius 2 is 1.92 bits per heavy atom. The van der Waals surface area contributed by atoms with Gasteiger partial charge in [-0.25, -0.2) is 9.37 Å². The van der Waals surface area contributed by atoms with Gasteiger partial charge in [-0.1, -0.05) is 23.2 Å². The van der Waals surface area contributed by atoms with Crippen LogP contribution in [-0.4, -0.2) is 36.3 Å². The Balaban J connectivity index is 1.77. The van der Waals surface area contributed by atoms with E-state index in [0.717, 1.165) is 5.56 Å². The van der Waals surface area contributed by atoms with Crippen molar-refractivity contribution in [2.45, 2.75) is 0 Å². The summed E-state index contributed by atoms with van der Waals surface area (Å²) in [4.78, 5) is 9.66. The van der Waals surface area contributed by atoms with E-state index in [2.05, 4.69) is 9.97 Å². The highest BCUT2D eigenvalue weighted by atomic mass is 35.5. The zero-order valence-electron chi connectivity index (χ0n) is 12.7. The fourth-order valence-corrected chi connectivity index (χ4v) is 3.37. The third-order valence-corrected chi connectivity index (χ3v) is 4.64. The molecule has 0 bridgehead atoms. The summed E-state index contributed by atoms with van der Waals surface area (Å²) in [5.41, 5.74) is 2.60. The second-order valence-corrected chi connectivity index (χ2v) is 6.47. The Labute approximate surface area is 148 Å². The van der Waals surface area contributed by atoms with Gasteiger partial charge in [0.1, 0.15) is 11.6 Å². The number of aromatic amines is 1. The number of hydrogen-bond acceptors (Lipinski definition) is 3. The fourth-order valence-electron chi connectivity index (χ4n) is 2.88. The Hall–Kier alpha value is -1.82. The largest absolute Gasteiger partial charge is 0.378 e. The van der Waals surface area contributed by atoms with Crippen LogP contribution in [0.15, 0.2) is 30.3 Å². The Bertz CT molecular complexity index is 906. The van der Waals surface area contributed by atoms with Crippen molar-refractivity contribution in [2.24, 2.45) is 0 Å². The molecular weight excluding hydrogens is 352 g/mol. The van der Waals surface area contributed by atoms with E-state index in [9.17, 15) is 4.39 Å². The molecule has 0 aliphatic carbocycles. The molecule has 0 saturated carbocycles. The van der Waals surface area contributed by atoms with Crippen molar-refractivity contribution >= 4 is 39.9 Å². The van der Waals surface area contributed by atoms with Crippen molar-refractivity contribution in [3.63, 3.8) is 0 Å². The third kappa shape index (κ3) is 2.83. The van der Waals surface area contributed by atoms with E-state index in [1.807, 2.05) is 4.90 Å². The Morgan fingerprint density at radius 3 is 2.67 bits per heavy atom. The molecule has 7 heteroatoms. The summed E-state index contributed by atoms with van der Waals surface area (Å²) in [6.07, 6.45) is 0. The van der Waals surface area contributed by atoms with Crippen molar-refractivity contribution in [2.75, 3.05) is 31.2 Å². The van der Waals surface area contributed by atoms with Gasteiger partial charge in [-0.05, 0) is 24.3 Å². The summed E-state index contributed by atoms with van der Waals surface area (Å²) in [6, 6.07) is 8.43. The normalized spacial score (nSPS) is 15.2. The molecule has 0 atom stereocenters. The number of rotatable bonds is 2. The Morgan fingerprint density at radius 1 is 1.12 bits per heavy atom. The highest BCUT2D eigenvalue weighted by molar-refractivity contribution is 6.36. The Kier molecular flexibility index (Phi) is 4.08. The minimum atomic E-state index is -0.276. The maximum atomic E-state index is 14.5. The standard InChI is InChI=1S/C17H14Cl2FN3O/c18-10-1-2-11(12(19)7-10)17-21-14-8-13(20)16(9-15(14)22-17)23-3-5-24-6-4-23/h1-2,7-9H,3-6H2,(H,21,22). The van der Waals surface area contributed by atoms with Crippen LogP contribution in [0.4, 0.5) is 10.1 Å². The number of aromatic nitrogens is 2. The predicted molar refractivity (Wildman–Crippen MR) is 94.5 cm³/mol. The van der Waals surface area contributed by atoms with Crippen LogP contribution in [0.25, 0.3) is 22.4 Å². The van der Waals surface area contributed by atoms with Crippen LogP contribution in [-0.2, 0) is 4.74 Å². The van der Waals surface area contributed by atoms with Crippen LogP contribution < -0.4 is 4.90 Å². The number of H-pyrrole nitrogens is 1. The number of halogens is 3. The van der Waals surface area contributed by atoms with Gasteiger partial charge in [0, 0.05) is 29.7 Å². The minimum Gasteiger partial charge on any atom is -0.378 e. The third-order valence-electron chi connectivity index (χ3n) is 4.09. The van der Waals surface area contributed by atoms with Crippen LogP contribution in [0.3, 0.4) is 0 Å². The molecule has 1 aliphatic heterocycles. The lowest BCUT2D eigenvalue weighted by Gasteiger charge is -2.29. The summed E-state index contributed by atoms with van der Waals surface area (Å²) in [5.74, 6) is 0.312. The average Bonchev–Trinajstić information content (AvgIpc) is 2.97. The molecule has 3 aromatic rings. The minimum absolute atomic E-state index is 0.276. The van der Waals surface area contributed by atoms with Gasteiger partial charge in [0.2, 0.25) is 0 Å². The molecular formula is C17H14Cl2FN3O. The molecule has 1 aromatic heterocycles. The van der Waals surface area contributed by atoms with Gasteiger partial charge in [0.25, 0.3) is 0 Å². The number of nitrogens with one attached hydrogen (secondary N) is 1. The molecule has 1 fully saturated rings. The van der Waals surface area contributed by atoms with Gasteiger partial charge < -0.3 is 14.6 Å². The summed E-state index contributed by atoms with van der Waals surface area (Å²) < 4.78 is 19.8. The molecule has 0 amide bonds. The van der Waals surface area contributed by atoms with Gasteiger partial charge in [0.05, 0.1) is 35.0 Å². The number of hydrogen-bond donors (Lipinski definition) is 1. The average molecular weight is 366 g/mol. The molecule has 24 heavy (non-hydrogen) atoms. The molecule has 1 N–H and O–H groups in total. The van der Waals surface area contributed by atoms with Gasteiger partial charge in [-0.3, -0.25) is 0 Å². The quantitative estimate of drug-likeness (QED) is 0.726. The topological polar surface area (TPSA) is 41.2 Å². The summed E-state index contributed by atoms with van der Waals surface area (Å²) >= 11 is 12.2. The van der Waals surface area contributed by atoms with Crippen LogP contribution in [0.2, 0.25) is 10.0 Å². The maximum Gasteiger partial charge on any atom is 0.148 e. The van der Waals surface area contributed by atoms with E-state index in [0.29, 0.717) is 58.9 Å². The number of ether oxygens (including phenoxy) is 1. The highest BCUT2D eigenvalue weighted by Gasteiger charge is 2.18. The smallest absolute Gasteiger partial charge is 0.148 e. The van der Waals surface area contributed by atoms with E-state index in [1.165, 1.54) is 6.07 Å². The van der Waals surface area contributed by atoms with E-state index >= 15 is 0 Å². The summed E-state index contributed by atoms with van der Waals surface area (Å²) in [6.45, 7) is 2.54. The summed E-state index contributed by atoms with van der Waals surface area (Å²) in [5, 5.41) is 1.05. The molecule has 124 valence electrons. The van der Waals surface area contributed by atoms with E-state index in [-0.39, 0.29) is 5.82 Å². The number of nitrogens with zero attached hydrogens (tertiary/aromatic N) is 2. The van der Waals surface area contributed by atoms with Crippen LogP contribution in [0.5, 0.6) is 0 Å². The van der Waals surface area contributed by atoms with Crippen molar-refractivity contribution in [1.82, 2.24) is 9.97 Å². The predicted octanol–water partition coefficient (Wildman–Crippen LogP) is 4.51. The van der Waals surface area contributed by atoms with Gasteiger partial charge in [0.15, 0.2) is 0 Å². The van der Waals surface area contributed by atoms with Crippen LogP contribution in [0, 0.1) is 5.82 Å².